The molecule has 1 unspecified atom stereocenters. The molecule has 1 aromatic carbocycles. The van der Waals surface area contributed by atoms with E-state index in [-0.39, 0.29) is 0 Å². The van der Waals surface area contributed by atoms with Gasteiger partial charge in [-0.15, -0.1) is 11.8 Å². The number of fused-ring (bicyclic) bond motifs is 1. The summed E-state index contributed by atoms with van der Waals surface area (Å²) < 4.78 is 10.4. The van der Waals surface area contributed by atoms with Crippen LogP contribution in [0, 0.1) is 0 Å². The first kappa shape index (κ1) is 12.1. The minimum Gasteiger partial charge on any atom is -0.493 e. The van der Waals surface area contributed by atoms with Gasteiger partial charge in [-0.05, 0) is 35.4 Å². The van der Waals surface area contributed by atoms with Crippen LogP contribution in [0.15, 0.2) is 12.1 Å². The van der Waals surface area contributed by atoms with E-state index in [9.17, 15) is 9.90 Å². The van der Waals surface area contributed by atoms with Gasteiger partial charge in [-0.3, -0.25) is 4.79 Å². The lowest BCUT2D eigenvalue weighted by Crippen LogP contribution is -2.16. The Hall–Kier alpha value is -1.36. The minimum absolute atomic E-state index is 0.501. The molecule has 1 heterocycles. The molecule has 0 aromatic heterocycles. The van der Waals surface area contributed by atoms with Gasteiger partial charge in [0.1, 0.15) is 5.25 Å². The normalized spacial score (nSPS) is 18.4. The van der Waals surface area contributed by atoms with Crippen molar-refractivity contribution in [2.24, 2.45) is 0 Å². The van der Waals surface area contributed by atoms with Crippen LogP contribution in [-0.2, 0) is 11.2 Å². The standard InChI is InChI=1S/C12H14O4S/c1-15-9-5-7-3-4-17-11(12(13)14)8(7)6-10(9)16-2/h5-6,11H,3-4H2,1-2H3,(H,13,14). The predicted octanol–water partition coefficient (Wildman–Crippen LogP) is 2.12. The van der Waals surface area contributed by atoms with Gasteiger partial charge in [0, 0.05) is 0 Å². The number of ether oxygens (including phenoxy) is 2. The first-order valence-corrected chi connectivity index (χ1v) is 6.31. The molecule has 0 saturated carbocycles. The van der Waals surface area contributed by atoms with Gasteiger partial charge in [-0.25, -0.2) is 0 Å². The van der Waals surface area contributed by atoms with Crippen LogP contribution in [0.1, 0.15) is 16.4 Å². The van der Waals surface area contributed by atoms with E-state index in [2.05, 4.69) is 0 Å². The number of hydrogen-bond donors (Lipinski definition) is 1. The summed E-state index contributed by atoms with van der Waals surface area (Å²) in [6, 6.07) is 3.66. The molecule has 5 heteroatoms. The van der Waals surface area contributed by atoms with Gasteiger partial charge in [-0.1, -0.05) is 0 Å². The van der Waals surface area contributed by atoms with Crippen molar-refractivity contribution in [2.75, 3.05) is 20.0 Å². The number of thioether (sulfide) groups is 1. The largest absolute Gasteiger partial charge is 0.493 e. The number of benzene rings is 1. The van der Waals surface area contributed by atoms with Crippen LogP contribution in [-0.4, -0.2) is 31.0 Å². The number of methoxy groups -OCH3 is 2. The molecule has 2 rings (SSSR count). The van der Waals surface area contributed by atoms with Gasteiger partial charge in [0.25, 0.3) is 0 Å². The van der Waals surface area contributed by atoms with Crippen LogP contribution in [0.25, 0.3) is 0 Å². The SMILES string of the molecule is COc1cc2c(cc1OC)C(C(=O)O)SCC2. The van der Waals surface area contributed by atoms with Crippen molar-refractivity contribution in [3.8, 4) is 11.5 Å². The lowest BCUT2D eigenvalue weighted by atomic mass is 10.0. The molecule has 1 atom stereocenters. The average molecular weight is 254 g/mol. The van der Waals surface area contributed by atoms with Gasteiger partial charge >= 0.3 is 5.97 Å². The Kier molecular flexibility index (Phi) is 3.47. The molecule has 0 saturated heterocycles. The van der Waals surface area contributed by atoms with E-state index in [1.807, 2.05) is 6.07 Å². The second-order valence-corrected chi connectivity index (χ2v) is 4.96. The quantitative estimate of drug-likeness (QED) is 0.895. The fourth-order valence-electron chi connectivity index (χ4n) is 1.98. The molecule has 0 fully saturated rings. The van der Waals surface area contributed by atoms with E-state index in [0.717, 1.165) is 23.3 Å². The fraction of sp³-hybridized carbons (Fsp3) is 0.417. The van der Waals surface area contributed by atoms with Crippen molar-refractivity contribution in [3.05, 3.63) is 23.3 Å². The summed E-state index contributed by atoms with van der Waals surface area (Å²) in [5.41, 5.74) is 1.86. The van der Waals surface area contributed by atoms with Crippen molar-refractivity contribution >= 4 is 17.7 Å². The summed E-state index contributed by atoms with van der Waals surface area (Å²) >= 11 is 1.45. The highest BCUT2D eigenvalue weighted by molar-refractivity contribution is 8.00. The zero-order chi connectivity index (χ0) is 12.4. The summed E-state index contributed by atoms with van der Waals surface area (Å²) in [4.78, 5) is 11.2. The molecule has 92 valence electrons. The van der Waals surface area contributed by atoms with Crippen LogP contribution in [0.4, 0.5) is 0 Å². The van der Waals surface area contributed by atoms with Crippen LogP contribution in [0.3, 0.4) is 0 Å². The third-order valence-electron chi connectivity index (χ3n) is 2.81. The van der Waals surface area contributed by atoms with Crippen molar-refractivity contribution in [1.82, 2.24) is 0 Å². The van der Waals surface area contributed by atoms with Gasteiger partial charge in [0.05, 0.1) is 14.2 Å². The second-order valence-electron chi connectivity index (χ2n) is 3.75. The first-order chi connectivity index (χ1) is 8.17. The molecular formula is C12H14O4S. The highest BCUT2D eigenvalue weighted by atomic mass is 32.2. The van der Waals surface area contributed by atoms with Gasteiger partial charge in [-0.2, -0.15) is 0 Å². The molecule has 1 aliphatic rings. The van der Waals surface area contributed by atoms with E-state index in [0.29, 0.717) is 11.5 Å². The Bertz CT molecular complexity index is 444. The van der Waals surface area contributed by atoms with Crippen molar-refractivity contribution in [3.63, 3.8) is 0 Å². The molecule has 1 aromatic rings. The Balaban J connectivity index is 2.50. The summed E-state index contributed by atoms with van der Waals surface area (Å²) in [6.45, 7) is 0. The molecule has 1 aliphatic heterocycles. The Morgan fingerprint density at radius 3 is 2.59 bits per heavy atom. The molecule has 0 amide bonds. The van der Waals surface area contributed by atoms with Gasteiger partial charge < -0.3 is 14.6 Å². The monoisotopic (exact) mass is 254 g/mol. The maximum atomic E-state index is 11.2. The highest BCUT2D eigenvalue weighted by Gasteiger charge is 2.28. The van der Waals surface area contributed by atoms with E-state index in [1.165, 1.54) is 11.8 Å². The number of carbonyl (C=O) groups is 1. The lowest BCUT2D eigenvalue weighted by molar-refractivity contribution is -0.136. The third-order valence-corrected chi connectivity index (χ3v) is 4.04. The van der Waals surface area contributed by atoms with Crippen LogP contribution >= 0.6 is 11.8 Å². The Morgan fingerprint density at radius 2 is 2.00 bits per heavy atom. The molecule has 0 spiro atoms. The lowest BCUT2D eigenvalue weighted by Gasteiger charge is -2.23. The maximum Gasteiger partial charge on any atom is 0.321 e. The van der Waals surface area contributed by atoms with Gasteiger partial charge in [0.2, 0.25) is 0 Å². The summed E-state index contributed by atoms with van der Waals surface area (Å²) in [5, 5.41) is 8.68. The smallest absolute Gasteiger partial charge is 0.321 e. The number of hydrogen-bond acceptors (Lipinski definition) is 4. The Labute approximate surface area is 104 Å². The highest BCUT2D eigenvalue weighted by Crippen LogP contribution is 2.42. The van der Waals surface area contributed by atoms with Crippen molar-refractivity contribution in [2.45, 2.75) is 11.7 Å². The summed E-state index contributed by atoms with van der Waals surface area (Å²) in [5.74, 6) is 1.25. The zero-order valence-electron chi connectivity index (χ0n) is 9.73. The van der Waals surface area contributed by atoms with E-state index in [4.69, 9.17) is 9.47 Å². The number of carboxylic acid groups (broad SMARTS) is 1. The number of aliphatic carboxylic acids is 1. The van der Waals surface area contributed by atoms with E-state index < -0.39 is 11.2 Å². The van der Waals surface area contributed by atoms with Crippen molar-refractivity contribution < 1.29 is 19.4 Å². The average Bonchev–Trinajstić information content (AvgIpc) is 2.35. The summed E-state index contributed by atoms with van der Waals surface area (Å²) in [7, 11) is 3.13. The fourth-order valence-corrected chi connectivity index (χ4v) is 3.09. The maximum absolute atomic E-state index is 11.2. The molecule has 17 heavy (non-hydrogen) atoms. The van der Waals surface area contributed by atoms with Crippen molar-refractivity contribution in [1.29, 1.82) is 0 Å². The number of carboxylic acids is 1. The van der Waals surface area contributed by atoms with Crippen LogP contribution in [0.5, 0.6) is 11.5 Å². The number of aryl methyl sites for hydroxylation is 1. The van der Waals surface area contributed by atoms with E-state index in [1.54, 1.807) is 20.3 Å². The summed E-state index contributed by atoms with van der Waals surface area (Å²) in [6.07, 6.45) is 0.865. The predicted molar refractivity (Wildman–Crippen MR) is 66.1 cm³/mol. The third kappa shape index (κ3) is 2.20. The molecule has 0 radical (unpaired) electrons. The van der Waals surface area contributed by atoms with Crippen LogP contribution < -0.4 is 9.47 Å². The molecule has 4 nitrogen and oxygen atoms in total. The van der Waals surface area contributed by atoms with Gasteiger partial charge in [0.15, 0.2) is 11.5 Å². The molecule has 1 N–H and O–H groups in total. The van der Waals surface area contributed by atoms with E-state index >= 15 is 0 Å². The first-order valence-electron chi connectivity index (χ1n) is 5.26. The second kappa shape index (κ2) is 4.87. The Morgan fingerprint density at radius 1 is 1.35 bits per heavy atom. The topological polar surface area (TPSA) is 55.8 Å². The number of rotatable bonds is 3. The molecule has 0 aliphatic carbocycles. The zero-order valence-corrected chi connectivity index (χ0v) is 10.5. The minimum atomic E-state index is -0.803. The molecular weight excluding hydrogens is 240 g/mol. The molecule has 0 bridgehead atoms. The van der Waals surface area contributed by atoms with Crippen LogP contribution in [0.2, 0.25) is 0 Å².